The first-order valence-electron chi connectivity index (χ1n) is 11.1. The molecule has 0 saturated heterocycles. The summed E-state index contributed by atoms with van der Waals surface area (Å²) in [7, 11) is 0. The Morgan fingerprint density at radius 2 is 1.36 bits per heavy atom. The summed E-state index contributed by atoms with van der Waals surface area (Å²) in [4.78, 5) is 12.8. The molecule has 5 aromatic carbocycles. The van der Waals surface area contributed by atoms with Crippen LogP contribution in [0.25, 0.3) is 32.8 Å². The summed E-state index contributed by atoms with van der Waals surface area (Å²) in [6, 6.07) is 35.6. The molecule has 3 nitrogen and oxygen atoms in total. The number of hydrogen-bond acceptors (Lipinski definition) is 2. The van der Waals surface area contributed by atoms with Gasteiger partial charge < -0.3 is 4.98 Å². The van der Waals surface area contributed by atoms with E-state index in [1.165, 1.54) is 43.2 Å². The molecule has 0 amide bonds. The van der Waals surface area contributed by atoms with Crippen molar-refractivity contribution in [2.75, 3.05) is 0 Å². The van der Waals surface area contributed by atoms with E-state index in [4.69, 9.17) is 9.98 Å². The summed E-state index contributed by atoms with van der Waals surface area (Å²) >= 11 is 0. The Morgan fingerprint density at radius 3 is 2.36 bits per heavy atom. The van der Waals surface area contributed by atoms with Crippen LogP contribution in [-0.4, -0.2) is 4.98 Å². The molecule has 2 aliphatic rings. The van der Waals surface area contributed by atoms with E-state index in [0.717, 1.165) is 22.1 Å². The highest BCUT2D eigenvalue weighted by molar-refractivity contribution is 6.05. The predicted molar refractivity (Wildman–Crippen MR) is 133 cm³/mol. The van der Waals surface area contributed by atoms with Gasteiger partial charge in [0.05, 0.1) is 27.6 Å². The molecule has 154 valence electrons. The van der Waals surface area contributed by atoms with Crippen molar-refractivity contribution in [2.24, 2.45) is 9.98 Å². The zero-order valence-electron chi connectivity index (χ0n) is 17.8. The van der Waals surface area contributed by atoms with Gasteiger partial charge in [0.15, 0.2) is 0 Å². The van der Waals surface area contributed by atoms with Gasteiger partial charge in [-0.25, -0.2) is 9.98 Å². The van der Waals surface area contributed by atoms with Crippen LogP contribution in [0, 0.1) is 10.4 Å². The zero-order chi connectivity index (χ0) is 21.8. The van der Waals surface area contributed by atoms with E-state index in [2.05, 4.69) is 96.0 Å². The van der Waals surface area contributed by atoms with Gasteiger partial charge in [-0.3, -0.25) is 0 Å². The summed E-state index contributed by atoms with van der Waals surface area (Å²) in [6.45, 7) is 0. The summed E-state index contributed by atoms with van der Waals surface area (Å²) in [5.41, 5.74) is 5.75. The molecule has 0 bridgehead atoms. The number of benzene rings is 5. The first-order valence-corrected chi connectivity index (χ1v) is 11.1. The SMILES string of the molecule is c1ccc2c(c1)N=c1c-2ccc2c1=c1ccccc1=N2.c1ccc2c(c1)ccc1cc[nH]c12. The third-order valence-corrected chi connectivity index (χ3v) is 6.45. The van der Waals surface area contributed by atoms with Crippen molar-refractivity contribution >= 4 is 33.1 Å². The molecule has 0 fully saturated rings. The minimum absolute atomic E-state index is 1.03. The molecule has 3 heterocycles. The number of rotatable bonds is 0. The Morgan fingerprint density at radius 1 is 0.545 bits per heavy atom. The quantitative estimate of drug-likeness (QED) is 0.291. The Kier molecular flexibility index (Phi) is 3.84. The molecule has 33 heavy (non-hydrogen) atoms. The van der Waals surface area contributed by atoms with Gasteiger partial charge in [0.25, 0.3) is 0 Å². The largest absolute Gasteiger partial charge is 0.361 e. The van der Waals surface area contributed by atoms with E-state index in [1.54, 1.807) is 0 Å². The maximum Gasteiger partial charge on any atom is 0.0817 e. The van der Waals surface area contributed by atoms with Crippen LogP contribution in [0.2, 0.25) is 0 Å². The van der Waals surface area contributed by atoms with E-state index in [0.29, 0.717) is 0 Å². The number of nitrogens with one attached hydrogen (secondary N) is 1. The van der Waals surface area contributed by atoms with Crippen LogP contribution in [0.1, 0.15) is 0 Å². The number of hydrogen-bond donors (Lipinski definition) is 1. The molecule has 0 radical (unpaired) electrons. The van der Waals surface area contributed by atoms with E-state index in [1.807, 2.05) is 18.3 Å². The third-order valence-electron chi connectivity index (χ3n) is 6.45. The molecule has 0 unspecified atom stereocenters. The van der Waals surface area contributed by atoms with Crippen LogP contribution in [-0.2, 0) is 0 Å². The summed E-state index contributed by atoms with van der Waals surface area (Å²) in [6.07, 6.45) is 1.98. The molecule has 1 N–H and O–H groups in total. The highest BCUT2D eigenvalue weighted by atomic mass is 14.8. The monoisotopic (exact) mass is 421 g/mol. The first-order chi connectivity index (χ1) is 16.4. The fourth-order valence-electron chi connectivity index (χ4n) is 4.91. The molecule has 0 atom stereocenters. The Balaban J connectivity index is 0.000000127. The van der Waals surface area contributed by atoms with Crippen molar-refractivity contribution in [3.8, 4) is 11.1 Å². The van der Waals surface area contributed by atoms with E-state index < -0.39 is 0 Å². The van der Waals surface area contributed by atoms with Gasteiger partial charge in [-0.2, -0.15) is 0 Å². The van der Waals surface area contributed by atoms with Crippen molar-refractivity contribution in [3.05, 3.63) is 130 Å². The van der Waals surface area contributed by atoms with Crippen LogP contribution in [0.5, 0.6) is 0 Å². The molecule has 0 saturated carbocycles. The maximum absolute atomic E-state index is 4.83. The van der Waals surface area contributed by atoms with Gasteiger partial charge in [-0.1, -0.05) is 72.8 Å². The average molecular weight is 422 g/mol. The highest BCUT2D eigenvalue weighted by Crippen LogP contribution is 2.33. The van der Waals surface area contributed by atoms with E-state index in [-0.39, 0.29) is 0 Å². The molecule has 2 aliphatic heterocycles. The molecular formula is C30H19N3. The molecule has 0 spiro atoms. The second-order valence-electron chi connectivity index (χ2n) is 8.34. The van der Waals surface area contributed by atoms with Gasteiger partial charge in [0, 0.05) is 38.5 Å². The van der Waals surface area contributed by atoms with E-state index >= 15 is 0 Å². The predicted octanol–water partition coefficient (Wildman–Crippen LogP) is 6.49. The van der Waals surface area contributed by atoms with Crippen molar-refractivity contribution in [2.45, 2.75) is 0 Å². The first kappa shape index (κ1) is 18.1. The lowest BCUT2D eigenvalue weighted by Gasteiger charge is -1.98. The molecule has 3 heteroatoms. The fourth-order valence-corrected chi connectivity index (χ4v) is 4.91. The fraction of sp³-hybridized carbons (Fsp3) is 0. The Hall–Kier alpha value is -4.50. The zero-order valence-corrected chi connectivity index (χ0v) is 17.8. The van der Waals surface area contributed by atoms with Crippen LogP contribution in [0.3, 0.4) is 0 Å². The number of para-hydroxylation sites is 2. The average Bonchev–Trinajstić information content (AvgIpc) is 3.58. The molecule has 1 aromatic heterocycles. The number of aromatic nitrogens is 1. The van der Waals surface area contributed by atoms with Crippen LogP contribution in [0.4, 0.5) is 11.4 Å². The van der Waals surface area contributed by atoms with Crippen molar-refractivity contribution < 1.29 is 0 Å². The smallest absolute Gasteiger partial charge is 0.0817 e. The topological polar surface area (TPSA) is 40.5 Å². The second kappa shape index (κ2) is 7.01. The van der Waals surface area contributed by atoms with Crippen LogP contribution >= 0.6 is 0 Å². The number of nitrogens with zero attached hydrogens (tertiary/aromatic N) is 2. The van der Waals surface area contributed by atoms with Gasteiger partial charge >= 0.3 is 0 Å². The number of H-pyrrole nitrogens is 1. The lowest BCUT2D eigenvalue weighted by atomic mass is 10.0. The molecule has 0 aliphatic carbocycles. The van der Waals surface area contributed by atoms with Gasteiger partial charge in [0.2, 0.25) is 0 Å². The lowest BCUT2D eigenvalue weighted by Crippen LogP contribution is -2.05. The minimum Gasteiger partial charge on any atom is -0.361 e. The van der Waals surface area contributed by atoms with E-state index in [9.17, 15) is 0 Å². The second-order valence-corrected chi connectivity index (χ2v) is 8.34. The van der Waals surface area contributed by atoms with Crippen molar-refractivity contribution in [1.29, 1.82) is 0 Å². The van der Waals surface area contributed by atoms with Crippen molar-refractivity contribution in [1.82, 2.24) is 4.98 Å². The van der Waals surface area contributed by atoms with Gasteiger partial charge in [0.1, 0.15) is 0 Å². The Bertz CT molecular complexity index is 1930. The van der Waals surface area contributed by atoms with Crippen molar-refractivity contribution in [3.63, 3.8) is 0 Å². The van der Waals surface area contributed by atoms with Crippen LogP contribution < -0.4 is 10.7 Å². The number of fused-ring (bicyclic) bond motifs is 9. The maximum atomic E-state index is 4.83. The molecule has 8 rings (SSSR count). The minimum atomic E-state index is 1.03. The standard InChI is InChI=1S/C18H10N2.C12H9N/c1-3-7-14-11(5-1)12-9-10-16-17(18(12)20-14)13-6-2-4-8-15(13)19-16;1-2-4-11-9(3-1)5-6-10-7-8-13-12(10)11/h1-10H;1-8,13H. The van der Waals surface area contributed by atoms with Crippen LogP contribution in [0.15, 0.2) is 119 Å². The Labute approximate surface area is 189 Å². The van der Waals surface area contributed by atoms with Gasteiger partial charge in [-0.15, -0.1) is 0 Å². The summed E-state index contributed by atoms with van der Waals surface area (Å²) in [5, 5.41) is 8.34. The summed E-state index contributed by atoms with van der Waals surface area (Å²) in [5.74, 6) is 0. The normalized spacial score (nSPS) is 12.1. The third kappa shape index (κ3) is 2.76. The summed E-state index contributed by atoms with van der Waals surface area (Å²) < 4.78 is 0. The molecule has 6 aromatic rings. The highest BCUT2D eigenvalue weighted by Gasteiger charge is 2.16. The lowest BCUT2D eigenvalue weighted by molar-refractivity contribution is 1.35. The van der Waals surface area contributed by atoms with Gasteiger partial charge in [-0.05, 0) is 35.7 Å². The molecular weight excluding hydrogens is 402 g/mol. The number of aromatic amines is 1.